The number of benzene rings is 1. The molecule has 0 bridgehead atoms. The number of methoxy groups -OCH3 is 1. The number of aromatic nitrogens is 2. The van der Waals surface area contributed by atoms with E-state index in [2.05, 4.69) is 20.8 Å². The van der Waals surface area contributed by atoms with Crippen molar-refractivity contribution in [1.29, 1.82) is 0 Å². The van der Waals surface area contributed by atoms with E-state index in [9.17, 15) is 4.79 Å². The highest BCUT2D eigenvalue weighted by Gasteiger charge is 2.18. The third-order valence-corrected chi connectivity index (χ3v) is 3.62. The van der Waals surface area contributed by atoms with Gasteiger partial charge in [-0.05, 0) is 36.8 Å². The van der Waals surface area contributed by atoms with Crippen LogP contribution in [0.15, 0.2) is 51.8 Å². The lowest BCUT2D eigenvalue weighted by atomic mass is 10.1. The van der Waals surface area contributed by atoms with E-state index in [1.165, 1.54) is 6.39 Å². The van der Waals surface area contributed by atoms with Gasteiger partial charge in [0, 0.05) is 18.4 Å². The fourth-order valence-corrected chi connectivity index (χ4v) is 2.36. The van der Waals surface area contributed by atoms with Crippen molar-refractivity contribution in [3.63, 3.8) is 0 Å². The number of carbonyl (C=O) groups is 1. The molecule has 0 saturated carbocycles. The third kappa shape index (κ3) is 4.04. The molecule has 0 fully saturated rings. The summed E-state index contributed by atoms with van der Waals surface area (Å²) >= 11 is 0. The van der Waals surface area contributed by atoms with Crippen LogP contribution in [0.5, 0.6) is 0 Å². The largest absolute Gasteiger partial charge is 0.467 e. The van der Waals surface area contributed by atoms with Gasteiger partial charge < -0.3 is 24.2 Å². The molecular weight excluding hydrogens is 324 g/mol. The number of amides is 2. The third-order valence-electron chi connectivity index (χ3n) is 3.62. The molecule has 2 amide bonds. The van der Waals surface area contributed by atoms with Gasteiger partial charge >= 0.3 is 6.03 Å². The predicted molar refractivity (Wildman–Crippen MR) is 90.0 cm³/mol. The lowest BCUT2D eigenvalue weighted by Gasteiger charge is -2.17. The summed E-state index contributed by atoms with van der Waals surface area (Å²) in [6.45, 7) is 2.19. The summed E-state index contributed by atoms with van der Waals surface area (Å²) in [5, 5.41) is 13.2. The number of hydrogen-bond acceptors (Lipinski definition) is 6. The summed E-state index contributed by atoms with van der Waals surface area (Å²) in [7, 11) is 1.56. The Bertz CT molecular complexity index is 815. The molecule has 1 atom stereocenters. The number of carbonyl (C=O) groups excluding carboxylic acids is 1. The van der Waals surface area contributed by atoms with Crippen LogP contribution in [0.4, 0.5) is 10.5 Å². The zero-order valence-corrected chi connectivity index (χ0v) is 13.9. The molecule has 130 valence electrons. The minimum Gasteiger partial charge on any atom is -0.467 e. The second-order valence-electron chi connectivity index (χ2n) is 5.40. The Kier molecular flexibility index (Phi) is 5.10. The zero-order chi connectivity index (χ0) is 17.6. The van der Waals surface area contributed by atoms with Gasteiger partial charge in [0.05, 0.1) is 12.9 Å². The van der Waals surface area contributed by atoms with Gasteiger partial charge in [-0.2, -0.15) is 0 Å². The number of urea groups is 1. The summed E-state index contributed by atoms with van der Waals surface area (Å²) in [5.41, 5.74) is 2.27. The van der Waals surface area contributed by atoms with E-state index in [0.717, 1.165) is 11.1 Å². The number of nitrogens with one attached hydrogen (secondary N) is 2. The van der Waals surface area contributed by atoms with Gasteiger partial charge in [-0.25, -0.2) is 4.79 Å². The van der Waals surface area contributed by atoms with Crippen molar-refractivity contribution < 1.29 is 18.4 Å². The van der Waals surface area contributed by atoms with Gasteiger partial charge in [-0.1, -0.05) is 6.07 Å². The maximum absolute atomic E-state index is 12.4. The zero-order valence-electron chi connectivity index (χ0n) is 13.9. The Balaban J connectivity index is 1.73. The molecule has 25 heavy (non-hydrogen) atoms. The SMILES string of the molecule is COC[C@H](NC(=O)Nc1cc(-c2nnco2)ccc1C)c1ccco1. The molecular formula is C17H18N4O4. The van der Waals surface area contributed by atoms with Crippen molar-refractivity contribution in [3.05, 3.63) is 54.3 Å². The molecule has 0 spiro atoms. The van der Waals surface area contributed by atoms with Crippen molar-refractivity contribution in [1.82, 2.24) is 15.5 Å². The first-order chi connectivity index (χ1) is 12.2. The number of hydrogen-bond donors (Lipinski definition) is 2. The Morgan fingerprint density at radius 1 is 1.32 bits per heavy atom. The van der Waals surface area contributed by atoms with E-state index >= 15 is 0 Å². The van der Waals surface area contributed by atoms with E-state index < -0.39 is 0 Å². The molecule has 0 unspecified atom stereocenters. The molecule has 8 heteroatoms. The summed E-state index contributed by atoms with van der Waals surface area (Å²) in [5.74, 6) is 1.00. The number of anilines is 1. The van der Waals surface area contributed by atoms with Crippen LogP contribution in [0.2, 0.25) is 0 Å². The lowest BCUT2D eigenvalue weighted by Crippen LogP contribution is -2.34. The van der Waals surface area contributed by atoms with Gasteiger partial charge in [0.15, 0.2) is 0 Å². The molecule has 1 aromatic carbocycles. The van der Waals surface area contributed by atoms with Gasteiger partial charge in [0.1, 0.15) is 11.8 Å². The van der Waals surface area contributed by atoms with Gasteiger partial charge in [-0.15, -0.1) is 10.2 Å². The summed E-state index contributed by atoms with van der Waals surface area (Å²) in [4.78, 5) is 12.4. The molecule has 0 aliphatic carbocycles. The van der Waals surface area contributed by atoms with Crippen LogP contribution in [0.3, 0.4) is 0 Å². The fraction of sp³-hybridized carbons (Fsp3) is 0.235. The van der Waals surface area contributed by atoms with Crippen molar-refractivity contribution in [3.8, 4) is 11.5 Å². The average Bonchev–Trinajstić information content (AvgIpc) is 3.30. The second kappa shape index (κ2) is 7.63. The van der Waals surface area contributed by atoms with E-state index in [4.69, 9.17) is 13.6 Å². The number of rotatable bonds is 6. The van der Waals surface area contributed by atoms with Crippen molar-refractivity contribution >= 4 is 11.7 Å². The molecule has 2 N–H and O–H groups in total. The average molecular weight is 342 g/mol. The highest BCUT2D eigenvalue weighted by molar-refractivity contribution is 5.91. The Morgan fingerprint density at radius 2 is 2.20 bits per heavy atom. The first kappa shape index (κ1) is 16.7. The molecule has 2 aromatic heterocycles. The van der Waals surface area contributed by atoms with E-state index in [1.54, 1.807) is 31.6 Å². The molecule has 8 nitrogen and oxygen atoms in total. The Morgan fingerprint density at radius 3 is 2.88 bits per heavy atom. The van der Waals surface area contributed by atoms with Gasteiger partial charge in [-0.3, -0.25) is 0 Å². The highest BCUT2D eigenvalue weighted by atomic mass is 16.5. The smallest absolute Gasteiger partial charge is 0.319 e. The maximum atomic E-state index is 12.4. The minimum atomic E-state index is -0.389. The molecule has 0 aliphatic heterocycles. The lowest BCUT2D eigenvalue weighted by molar-refractivity contribution is 0.159. The molecule has 0 saturated heterocycles. The predicted octanol–water partition coefficient (Wildman–Crippen LogP) is 3.15. The topological polar surface area (TPSA) is 102 Å². The monoisotopic (exact) mass is 342 g/mol. The molecule has 3 rings (SSSR count). The van der Waals surface area contributed by atoms with Crippen LogP contribution < -0.4 is 10.6 Å². The second-order valence-corrected chi connectivity index (χ2v) is 5.40. The number of aryl methyl sites for hydroxylation is 1. The molecule has 0 aliphatic rings. The first-order valence-electron chi connectivity index (χ1n) is 7.64. The van der Waals surface area contributed by atoms with Crippen molar-refractivity contribution in [2.75, 3.05) is 19.0 Å². The highest BCUT2D eigenvalue weighted by Crippen LogP contribution is 2.24. The first-order valence-corrected chi connectivity index (χ1v) is 7.64. The quantitative estimate of drug-likeness (QED) is 0.713. The maximum Gasteiger partial charge on any atom is 0.319 e. The number of nitrogens with zero attached hydrogens (tertiary/aromatic N) is 2. The van der Waals surface area contributed by atoms with Crippen LogP contribution >= 0.6 is 0 Å². The van der Waals surface area contributed by atoms with Crippen molar-refractivity contribution in [2.45, 2.75) is 13.0 Å². The van der Waals surface area contributed by atoms with E-state index in [1.807, 2.05) is 19.1 Å². The van der Waals surface area contributed by atoms with E-state index in [-0.39, 0.29) is 12.1 Å². The standard InChI is InChI=1S/C17H18N4O4/c1-11-5-6-12(16-21-18-10-25-16)8-13(11)19-17(22)20-14(9-23-2)15-4-3-7-24-15/h3-8,10,14H,9H2,1-2H3,(H2,19,20,22)/t14-/m0/s1. The normalized spacial score (nSPS) is 11.9. The molecule has 2 heterocycles. The number of furan rings is 1. The Labute approximate surface area is 144 Å². The Hall–Kier alpha value is -3.13. The molecule has 3 aromatic rings. The van der Waals surface area contributed by atoms with Gasteiger partial charge in [0.2, 0.25) is 12.3 Å². The van der Waals surface area contributed by atoms with Crippen LogP contribution in [0.1, 0.15) is 17.4 Å². The van der Waals surface area contributed by atoms with E-state index in [0.29, 0.717) is 23.9 Å². The van der Waals surface area contributed by atoms with Crippen LogP contribution in [0, 0.1) is 6.92 Å². The fourth-order valence-electron chi connectivity index (χ4n) is 2.36. The number of ether oxygens (including phenoxy) is 1. The minimum absolute atomic E-state index is 0.294. The summed E-state index contributed by atoms with van der Waals surface area (Å²) in [6.07, 6.45) is 2.81. The van der Waals surface area contributed by atoms with Crippen LogP contribution in [0.25, 0.3) is 11.5 Å². The summed E-state index contributed by atoms with van der Waals surface area (Å²) in [6, 6.07) is 8.28. The van der Waals surface area contributed by atoms with Crippen LogP contribution in [-0.2, 0) is 4.74 Å². The van der Waals surface area contributed by atoms with Crippen molar-refractivity contribution in [2.24, 2.45) is 0 Å². The van der Waals surface area contributed by atoms with Gasteiger partial charge in [0.25, 0.3) is 0 Å². The summed E-state index contributed by atoms with van der Waals surface area (Å²) < 4.78 is 15.7. The molecule has 0 radical (unpaired) electrons. The van der Waals surface area contributed by atoms with Crippen LogP contribution in [-0.4, -0.2) is 29.9 Å².